The SMILES string of the molecule is CC.CN(C)CC[O-].[K+]. The van der Waals surface area contributed by atoms with Crippen LogP contribution >= 0.6 is 0 Å². The van der Waals surface area contributed by atoms with Crippen molar-refractivity contribution in [1.29, 1.82) is 0 Å². The molecule has 0 saturated heterocycles. The Labute approximate surface area is 101 Å². The van der Waals surface area contributed by atoms with Crippen molar-refractivity contribution >= 4 is 0 Å². The van der Waals surface area contributed by atoms with Gasteiger partial charge in [0.05, 0.1) is 0 Å². The van der Waals surface area contributed by atoms with Crippen molar-refractivity contribution < 1.29 is 56.5 Å². The molecule has 0 bridgehead atoms. The molecule has 0 fully saturated rings. The zero-order chi connectivity index (χ0) is 6.99. The molecule has 9 heavy (non-hydrogen) atoms. The molecule has 0 aliphatic heterocycles. The molecule has 0 aromatic heterocycles. The predicted octanol–water partition coefficient (Wildman–Crippen LogP) is -3.06. The Morgan fingerprint density at radius 2 is 1.56 bits per heavy atom. The van der Waals surface area contributed by atoms with E-state index in [9.17, 15) is 5.11 Å². The molecule has 0 heterocycles. The number of hydrogen-bond acceptors (Lipinski definition) is 2. The first-order valence-corrected chi connectivity index (χ1v) is 3.00. The molecule has 0 aliphatic rings. The van der Waals surface area contributed by atoms with Crippen LogP contribution in [-0.2, 0) is 0 Å². The van der Waals surface area contributed by atoms with E-state index < -0.39 is 0 Å². The minimum absolute atomic E-state index is 0. The third-order valence-electron chi connectivity index (χ3n) is 0.539. The summed E-state index contributed by atoms with van der Waals surface area (Å²) < 4.78 is 0. The first-order valence-electron chi connectivity index (χ1n) is 3.00. The summed E-state index contributed by atoms with van der Waals surface area (Å²) in [5, 5.41) is 9.70. The first-order chi connectivity index (χ1) is 3.77. The van der Waals surface area contributed by atoms with Crippen LogP contribution in [0.5, 0.6) is 0 Å². The minimum atomic E-state index is 0. The molecule has 0 N–H and O–H groups in total. The molecule has 0 saturated carbocycles. The van der Waals surface area contributed by atoms with Crippen LogP contribution in [0.2, 0.25) is 0 Å². The standard InChI is InChI=1S/C4H10NO.C2H6.K/c1-5(2)3-4-6;1-2;/h3-4H2,1-2H3;1-2H3;/q-1;;+1. The number of nitrogens with zero attached hydrogens (tertiary/aromatic N) is 1. The van der Waals surface area contributed by atoms with Gasteiger partial charge in [0.15, 0.2) is 0 Å². The van der Waals surface area contributed by atoms with E-state index in [-0.39, 0.29) is 58.0 Å². The van der Waals surface area contributed by atoms with Crippen LogP contribution in [0.15, 0.2) is 0 Å². The van der Waals surface area contributed by atoms with Crippen LogP contribution < -0.4 is 56.5 Å². The van der Waals surface area contributed by atoms with E-state index in [4.69, 9.17) is 0 Å². The van der Waals surface area contributed by atoms with Gasteiger partial charge in [-0.25, -0.2) is 0 Å². The molecule has 0 aliphatic carbocycles. The summed E-state index contributed by atoms with van der Waals surface area (Å²) in [6.45, 7) is 4.66. The van der Waals surface area contributed by atoms with Crippen molar-refractivity contribution in [2.45, 2.75) is 13.8 Å². The Balaban J connectivity index is -0.000000109. The summed E-state index contributed by atoms with van der Waals surface area (Å²) in [6, 6.07) is 0. The summed E-state index contributed by atoms with van der Waals surface area (Å²) in [5.74, 6) is 0. The molecule has 0 atom stereocenters. The summed E-state index contributed by atoms with van der Waals surface area (Å²) in [6.07, 6.45) is 0. The second-order valence-corrected chi connectivity index (χ2v) is 1.51. The van der Waals surface area contributed by atoms with Crippen LogP contribution in [-0.4, -0.2) is 32.1 Å². The van der Waals surface area contributed by atoms with Gasteiger partial charge in [-0.3, -0.25) is 0 Å². The Morgan fingerprint density at radius 1 is 1.22 bits per heavy atom. The van der Waals surface area contributed by atoms with Crippen molar-refractivity contribution in [2.24, 2.45) is 0 Å². The number of likely N-dealkylation sites (N-methyl/N-ethyl adjacent to an activating group) is 1. The average Bonchev–Trinajstić information content (AvgIpc) is 1.72. The topological polar surface area (TPSA) is 26.3 Å². The number of hydrogen-bond donors (Lipinski definition) is 0. The maximum atomic E-state index is 9.70. The van der Waals surface area contributed by atoms with E-state index in [1.807, 2.05) is 32.8 Å². The van der Waals surface area contributed by atoms with Gasteiger partial charge >= 0.3 is 51.4 Å². The van der Waals surface area contributed by atoms with E-state index in [2.05, 4.69) is 0 Å². The number of rotatable bonds is 2. The molecule has 2 nitrogen and oxygen atoms in total. The van der Waals surface area contributed by atoms with Gasteiger partial charge in [-0.15, -0.1) is 6.61 Å². The first kappa shape index (κ1) is 16.9. The van der Waals surface area contributed by atoms with Gasteiger partial charge in [0, 0.05) is 0 Å². The molecule has 0 amide bonds. The normalized spacial score (nSPS) is 7.33. The molecule has 0 radical (unpaired) electrons. The molecular formula is C6H16KNO. The summed E-state index contributed by atoms with van der Waals surface area (Å²) >= 11 is 0. The van der Waals surface area contributed by atoms with Crippen molar-refractivity contribution in [1.82, 2.24) is 4.90 Å². The second kappa shape index (κ2) is 16.3. The Morgan fingerprint density at radius 3 is 1.56 bits per heavy atom. The smallest absolute Gasteiger partial charge is 0.854 e. The van der Waals surface area contributed by atoms with Gasteiger partial charge in [-0.05, 0) is 20.6 Å². The van der Waals surface area contributed by atoms with E-state index in [1.165, 1.54) is 0 Å². The van der Waals surface area contributed by atoms with Gasteiger partial charge in [0.2, 0.25) is 0 Å². The summed E-state index contributed by atoms with van der Waals surface area (Å²) in [5.41, 5.74) is 0. The van der Waals surface area contributed by atoms with Gasteiger partial charge in [0.25, 0.3) is 0 Å². The Bertz CT molecular complexity index is 34.2. The molecular weight excluding hydrogens is 141 g/mol. The molecule has 0 aromatic rings. The van der Waals surface area contributed by atoms with Crippen LogP contribution in [0.25, 0.3) is 0 Å². The zero-order valence-corrected chi connectivity index (χ0v) is 10.4. The van der Waals surface area contributed by atoms with Crippen molar-refractivity contribution in [3.05, 3.63) is 0 Å². The quantitative estimate of drug-likeness (QED) is 0.398. The van der Waals surface area contributed by atoms with Crippen LogP contribution in [0.3, 0.4) is 0 Å². The fourth-order valence-corrected chi connectivity index (χ4v) is 0.183. The van der Waals surface area contributed by atoms with E-state index in [0.717, 1.165) is 0 Å². The van der Waals surface area contributed by atoms with E-state index in [0.29, 0.717) is 6.54 Å². The molecule has 3 heteroatoms. The molecule has 0 aromatic carbocycles. The van der Waals surface area contributed by atoms with Crippen molar-refractivity contribution in [3.63, 3.8) is 0 Å². The Kier molecular flexibility index (Phi) is 30.5. The third kappa shape index (κ3) is 26.3. The molecule has 0 spiro atoms. The van der Waals surface area contributed by atoms with Crippen LogP contribution in [0.1, 0.15) is 13.8 Å². The second-order valence-electron chi connectivity index (χ2n) is 1.51. The largest absolute Gasteiger partial charge is 1.00 e. The maximum absolute atomic E-state index is 9.70. The fraction of sp³-hybridized carbons (Fsp3) is 1.00. The van der Waals surface area contributed by atoms with Crippen molar-refractivity contribution in [2.75, 3.05) is 27.2 Å². The monoisotopic (exact) mass is 157 g/mol. The Hall–Kier alpha value is 1.56. The fourth-order valence-electron chi connectivity index (χ4n) is 0.183. The van der Waals surface area contributed by atoms with Crippen LogP contribution in [0.4, 0.5) is 0 Å². The average molecular weight is 157 g/mol. The third-order valence-corrected chi connectivity index (χ3v) is 0.539. The van der Waals surface area contributed by atoms with Crippen LogP contribution in [0, 0.1) is 0 Å². The van der Waals surface area contributed by atoms with E-state index in [1.54, 1.807) is 0 Å². The van der Waals surface area contributed by atoms with Crippen molar-refractivity contribution in [3.8, 4) is 0 Å². The molecule has 52 valence electrons. The minimum Gasteiger partial charge on any atom is -0.854 e. The summed E-state index contributed by atoms with van der Waals surface area (Å²) in [4.78, 5) is 1.87. The summed E-state index contributed by atoms with van der Waals surface area (Å²) in [7, 11) is 3.77. The molecule has 0 unspecified atom stereocenters. The maximum Gasteiger partial charge on any atom is 1.00 e. The van der Waals surface area contributed by atoms with Gasteiger partial charge in [0.1, 0.15) is 0 Å². The van der Waals surface area contributed by atoms with Gasteiger partial charge in [-0.1, -0.05) is 13.8 Å². The van der Waals surface area contributed by atoms with E-state index >= 15 is 0 Å². The zero-order valence-electron chi connectivity index (χ0n) is 7.27. The predicted molar refractivity (Wildman–Crippen MR) is 34.8 cm³/mol. The molecule has 0 rings (SSSR count). The van der Waals surface area contributed by atoms with Gasteiger partial charge in [-0.2, -0.15) is 0 Å². The van der Waals surface area contributed by atoms with Gasteiger partial charge < -0.3 is 10.0 Å².